The van der Waals surface area contributed by atoms with Gasteiger partial charge in [0.1, 0.15) is 0 Å². The van der Waals surface area contributed by atoms with E-state index in [0.717, 1.165) is 19.4 Å². The molecule has 0 aromatic heterocycles. The molecule has 0 radical (unpaired) electrons. The van der Waals surface area contributed by atoms with Crippen molar-refractivity contribution >= 4 is 5.91 Å². The van der Waals surface area contributed by atoms with Crippen LogP contribution in [0, 0.1) is 12.3 Å². The third-order valence-electron chi connectivity index (χ3n) is 2.44. The molecule has 1 rings (SSSR count). The third kappa shape index (κ3) is 2.46. The number of hydrogen-bond acceptors (Lipinski definition) is 2. The fraction of sp³-hybridized carbons (Fsp3) is 0.700. The van der Waals surface area contributed by atoms with Crippen LogP contribution in [0.5, 0.6) is 0 Å². The molecule has 0 heterocycles. The highest BCUT2D eigenvalue weighted by Gasteiger charge is 2.38. The van der Waals surface area contributed by atoms with Crippen molar-refractivity contribution in [2.75, 3.05) is 20.6 Å². The van der Waals surface area contributed by atoms with Crippen LogP contribution in [0.4, 0.5) is 0 Å². The van der Waals surface area contributed by atoms with Crippen molar-refractivity contribution in [2.45, 2.75) is 24.8 Å². The standard InChI is InChI=1S/C10H16N2O/c1-4-9(13)11-10(6-5-7-10)8-12(2)3/h1H,5-8H2,2-3H3,(H,11,13). The zero-order valence-corrected chi connectivity index (χ0v) is 8.26. The number of carbonyl (C=O) groups is 1. The summed E-state index contributed by atoms with van der Waals surface area (Å²) in [6.45, 7) is 0.875. The molecular weight excluding hydrogens is 164 g/mol. The summed E-state index contributed by atoms with van der Waals surface area (Å²) in [6, 6.07) is 0. The third-order valence-corrected chi connectivity index (χ3v) is 2.44. The Morgan fingerprint density at radius 1 is 1.62 bits per heavy atom. The smallest absolute Gasteiger partial charge is 0.296 e. The average Bonchev–Trinajstić information content (AvgIpc) is 1.99. The van der Waals surface area contributed by atoms with E-state index in [-0.39, 0.29) is 11.4 Å². The highest BCUT2D eigenvalue weighted by atomic mass is 16.1. The molecule has 0 aromatic rings. The van der Waals surface area contributed by atoms with Gasteiger partial charge < -0.3 is 10.2 Å². The Kier molecular flexibility index (Phi) is 2.94. The number of hydrogen-bond donors (Lipinski definition) is 1. The Morgan fingerprint density at radius 3 is 2.54 bits per heavy atom. The first-order valence-corrected chi connectivity index (χ1v) is 4.51. The molecule has 0 atom stereocenters. The predicted octanol–water partition coefficient (Wildman–Crippen LogP) is 0.220. The molecule has 0 aliphatic heterocycles. The molecule has 72 valence electrons. The van der Waals surface area contributed by atoms with Gasteiger partial charge in [0.25, 0.3) is 5.91 Å². The van der Waals surface area contributed by atoms with Crippen molar-refractivity contribution in [3.8, 4) is 12.3 Å². The van der Waals surface area contributed by atoms with Crippen LogP contribution in [-0.2, 0) is 4.79 Å². The minimum absolute atomic E-state index is 0.0487. The maximum atomic E-state index is 11.0. The van der Waals surface area contributed by atoms with Crippen LogP contribution in [0.3, 0.4) is 0 Å². The van der Waals surface area contributed by atoms with E-state index >= 15 is 0 Å². The van der Waals surface area contributed by atoms with Crippen LogP contribution in [0.2, 0.25) is 0 Å². The molecular formula is C10H16N2O. The van der Waals surface area contributed by atoms with E-state index in [1.165, 1.54) is 6.42 Å². The van der Waals surface area contributed by atoms with E-state index in [1.807, 2.05) is 14.1 Å². The predicted molar refractivity (Wildman–Crippen MR) is 52.1 cm³/mol. The Bertz CT molecular complexity index is 236. The second-order valence-corrected chi connectivity index (χ2v) is 3.97. The summed E-state index contributed by atoms with van der Waals surface area (Å²) < 4.78 is 0. The quantitative estimate of drug-likeness (QED) is 0.630. The molecule has 0 saturated heterocycles. The van der Waals surface area contributed by atoms with E-state index in [4.69, 9.17) is 6.42 Å². The summed E-state index contributed by atoms with van der Waals surface area (Å²) >= 11 is 0. The van der Waals surface area contributed by atoms with Crippen LogP contribution in [0.15, 0.2) is 0 Å². The Morgan fingerprint density at radius 2 is 2.23 bits per heavy atom. The highest BCUT2D eigenvalue weighted by molar-refractivity contribution is 5.93. The lowest BCUT2D eigenvalue weighted by Gasteiger charge is -2.43. The lowest BCUT2D eigenvalue weighted by atomic mass is 9.76. The molecule has 1 N–H and O–H groups in total. The van der Waals surface area contributed by atoms with Crippen LogP contribution < -0.4 is 5.32 Å². The van der Waals surface area contributed by atoms with E-state index in [2.05, 4.69) is 16.1 Å². The largest absolute Gasteiger partial charge is 0.339 e. The lowest BCUT2D eigenvalue weighted by Crippen LogP contribution is -2.58. The summed E-state index contributed by atoms with van der Waals surface area (Å²) in [4.78, 5) is 13.1. The molecule has 1 aliphatic carbocycles. The Labute approximate surface area is 79.5 Å². The zero-order chi connectivity index (χ0) is 9.90. The van der Waals surface area contributed by atoms with Gasteiger partial charge in [-0.3, -0.25) is 4.79 Å². The van der Waals surface area contributed by atoms with Gasteiger partial charge in [-0.25, -0.2) is 0 Å². The van der Waals surface area contributed by atoms with Gasteiger partial charge in [-0.1, -0.05) is 0 Å². The number of likely N-dealkylation sites (N-methyl/N-ethyl adjacent to an activating group) is 1. The van der Waals surface area contributed by atoms with E-state index in [1.54, 1.807) is 0 Å². The second kappa shape index (κ2) is 3.80. The molecule has 1 saturated carbocycles. The number of rotatable bonds is 3. The molecule has 3 heteroatoms. The molecule has 3 nitrogen and oxygen atoms in total. The van der Waals surface area contributed by atoms with Gasteiger partial charge in [0.2, 0.25) is 0 Å². The first-order chi connectivity index (χ1) is 6.08. The molecule has 1 aliphatic rings. The molecule has 1 amide bonds. The zero-order valence-electron chi connectivity index (χ0n) is 8.26. The van der Waals surface area contributed by atoms with Gasteiger partial charge in [-0.2, -0.15) is 0 Å². The van der Waals surface area contributed by atoms with Gasteiger partial charge in [0, 0.05) is 6.54 Å². The topological polar surface area (TPSA) is 32.3 Å². The molecule has 13 heavy (non-hydrogen) atoms. The van der Waals surface area contributed by atoms with Crippen LogP contribution in [-0.4, -0.2) is 37.0 Å². The summed E-state index contributed by atoms with van der Waals surface area (Å²) in [5, 5.41) is 2.89. The second-order valence-electron chi connectivity index (χ2n) is 3.97. The summed E-state index contributed by atoms with van der Waals surface area (Å²) in [5.74, 6) is 1.80. The van der Waals surface area contributed by atoms with Crippen molar-refractivity contribution in [1.29, 1.82) is 0 Å². The summed E-state index contributed by atoms with van der Waals surface area (Å²) in [6.07, 6.45) is 8.27. The van der Waals surface area contributed by atoms with Crippen molar-refractivity contribution in [1.82, 2.24) is 10.2 Å². The first-order valence-electron chi connectivity index (χ1n) is 4.51. The lowest BCUT2D eigenvalue weighted by molar-refractivity contribution is -0.118. The Hall–Kier alpha value is -1.01. The van der Waals surface area contributed by atoms with Crippen molar-refractivity contribution in [3.05, 3.63) is 0 Å². The SMILES string of the molecule is C#CC(=O)NC1(CN(C)C)CCC1. The molecule has 0 spiro atoms. The van der Waals surface area contributed by atoms with Crippen molar-refractivity contribution < 1.29 is 4.79 Å². The first kappa shape index (κ1) is 10.1. The van der Waals surface area contributed by atoms with Crippen molar-refractivity contribution in [2.24, 2.45) is 0 Å². The van der Waals surface area contributed by atoms with Crippen molar-refractivity contribution in [3.63, 3.8) is 0 Å². The van der Waals surface area contributed by atoms with Gasteiger partial charge in [-0.05, 0) is 39.3 Å². The number of amides is 1. The molecule has 0 bridgehead atoms. The molecule has 1 fully saturated rings. The highest BCUT2D eigenvalue weighted by Crippen LogP contribution is 2.32. The minimum atomic E-state index is -0.290. The minimum Gasteiger partial charge on any atom is -0.339 e. The number of nitrogens with one attached hydrogen (secondary N) is 1. The van der Waals surface area contributed by atoms with Crippen LogP contribution in [0.1, 0.15) is 19.3 Å². The van der Waals surface area contributed by atoms with Crippen LogP contribution >= 0.6 is 0 Å². The average molecular weight is 180 g/mol. The fourth-order valence-electron chi connectivity index (χ4n) is 1.81. The maximum absolute atomic E-state index is 11.0. The number of carbonyl (C=O) groups excluding carboxylic acids is 1. The van der Waals surface area contributed by atoms with Gasteiger partial charge in [0.05, 0.1) is 5.54 Å². The molecule has 0 unspecified atom stereocenters. The Balaban J connectivity index is 2.50. The van der Waals surface area contributed by atoms with Gasteiger partial charge in [0.15, 0.2) is 0 Å². The van der Waals surface area contributed by atoms with Gasteiger partial charge in [-0.15, -0.1) is 6.42 Å². The summed E-state index contributed by atoms with van der Waals surface area (Å²) in [7, 11) is 4.00. The number of terminal acetylenes is 1. The molecule has 0 aromatic carbocycles. The monoisotopic (exact) mass is 180 g/mol. The summed E-state index contributed by atoms with van der Waals surface area (Å²) in [5.41, 5.74) is -0.0487. The van der Waals surface area contributed by atoms with E-state index in [0.29, 0.717) is 0 Å². The number of nitrogens with zero attached hydrogens (tertiary/aromatic N) is 1. The van der Waals surface area contributed by atoms with E-state index in [9.17, 15) is 4.79 Å². The normalized spacial score (nSPS) is 18.9. The fourth-order valence-corrected chi connectivity index (χ4v) is 1.81. The maximum Gasteiger partial charge on any atom is 0.296 e. The van der Waals surface area contributed by atoms with E-state index < -0.39 is 0 Å². The van der Waals surface area contributed by atoms with Crippen LogP contribution in [0.25, 0.3) is 0 Å². The van der Waals surface area contributed by atoms with Gasteiger partial charge >= 0.3 is 0 Å².